The SMILES string of the molecule is Cc1cc(Br)cc([N+](=O)[O-])c1OCC1CCNCC1. The molecule has 104 valence electrons. The van der Waals surface area contributed by atoms with E-state index in [2.05, 4.69) is 21.2 Å². The van der Waals surface area contributed by atoms with Crippen LogP contribution in [-0.2, 0) is 0 Å². The van der Waals surface area contributed by atoms with E-state index in [1.54, 1.807) is 0 Å². The van der Waals surface area contributed by atoms with Crippen LogP contribution in [0, 0.1) is 23.0 Å². The number of ether oxygens (including phenoxy) is 1. The maximum absolute atomic E-state index is 11.1. The molecule has 1 aromatic carbocycles. The van der Waals surface area contributed by atoms with Gasteiger partial charge in [-0.2, -0.15) is 0 Å². The van der Waals surface area contributed by atoms with Gasteiger partial charge in [0.05, 0.1) is 11.5 Å². The molecule has 1 aliphatic heterocycles. The van der Waals surface area contributed by atoms with Gasteiger partial charge in [-0.1, -0.05) is 15.9 Å². The number of nitro benzene ring substituents is 1. The van der Waals surface area contributed by atoms with E-state index >= 15 is 0 Å². The summed E-state index contributed by atoms with van der Waals surface area (Å²) in [5.74, 6) is 0.871. The van der Waals surface area contributed by atoms with Crippen LogP contribution in [0.2, 0.25) is 0 Å². The minimum Gasteiger partial charge on any atom is -0.486 e. The van der Waals surface area contributed by atoms with Gasteiger partial charge in [0.1, 0.15) is 0 Å². The molecule has 1 heterocycles. The zero-order valence-corrected chi connectivity index (χ0v) is 12.4. The zero-order valence-electron chi connectivity index (χ0n) is 10.8. The summed E-state index contributed by atoms with van der Waals surface area (Å²) in [7, 11) is 0. The van der Waals surface area contributed by atoms with Gasteiger partial charge in [0, 0.05) is 10.5 Å². The maximum Gasteiger partial charge on any atom is 0.312 e. The van der Waals surface area contributed by atoms with Gasteiger partial charge in [0.2, 0.25) is 0 Å². The highest BCUT2D eigenvalue weighted by molar-refractivity contribution is 9.10. The molecule has 0 saturated carbocycles. The predicted molar refractivity (Wildman–Crippen MR) is 76.6 cm³/mol. The minimum absolute atomic E-state index is 0.0285. The molecule has 1 fully saturated rings. The van der Waals surface area contributed by atoms with Crippen molar-refractivity contribution in [3.63, 3.8) is 0 Å². The fourth-order valence-corrected chi connectivity index (χ4v) is 2.85. The summed E-state index contributed by atoms with van der Waals surface area (Å²) in [5.41, 5.74) is 0.816. The second kappa shape index (κ2) is 6.34. The smallest absolute Gasteiger partial charge is 0.312 e. The van der Waals surface area contributed by atoms with Crippen LogP contribution in [0.1, 0.15) is 18.4 Å². The molecule has 0 bridgehead atoms. The molecule has 19 heavy (non-hydrogen) atoms. The van der Waals surface area contributed by atoms with Gasteiger partial charge in [0.25, 0.3) is 0 Å². The molecule has 6 heteroatoms. The highest BCUT2D eigenvalue weighted by Gasteiger charge is 2.21. The van der Waals surface area contributed by atoms with Crippen LogP contribution in [0.3, 0.4) is 0 Å². The van der Waals surface area contributed by atoms with E-state index in [0.29, 0.717) is 22.7 Å². The summed E-state index contributed by atoms with van der Waals surface area (Å²) >= 11 is 3.27. The lowest BCUT2D eigenvalue weighted by Gasteiger charge is -2.23. The zero-order chi connectivity index (χ0) is 13.8. The normalized spacial score (nSPS) is 16.3. The van der Waals surface area contributed by atoms with Crippen LogP contribution in [0.15, 0.2) is 16.6 Å². The number of piperidine rings is 1. The Morgan fingerprint density at radius 2 is 2.16 bits per heavy atom. The van der Waals surface area contributed by atoms with Crippen molar-refractivity contribution in [1.82, 2.24) is 5.32 Å². The van der Waals surface area contributed by atoms with Gasteiger partial charge in [-0.15, -0.1) is 0 Å². The third-order valence-corrected chi connectivity index (χ3v) is 3.80. The number of hydrogen-bond acceptors (Lipinski definition) is 4. The first kappa shape index (κ1) is 14.3. The highest BCUT2D eigenvalue weighted by atomic mass is 79.9. The Morgan fingerprint density at radius 1 is 1.47 bits per heavy atom. The van der Waals surface area contributed by atoms with Crippen LogP contribution in [0.25, 0.3) is 0 Å². The Bertz CT molecular complexity index is 473. The molecular weight excluding hydrogens is 312 g/mol. The predicted octanol–water partition coefficient (Wildman–Crippen LogP) is 3.04. The summed E-state index contributed by atoms with van der Waals surface area (Å²) in [6.45, 7) is 4.37. The largest absolute Gasteiger partial charge is 0.486 e. The van der Waals surface area contributed by atoms with E-state index in [0.717, 1.165) is 31.5 Å². The van der Waals surface area contributed by atoms with Crippen molar-refractivity contribution in [2.45, 2.75) is 19.8 Å². The lowest BCUT2D eigenvalue weighted by atomic mass is 9.99. The lowest BCUT2D eigenvalue weighted by molar-refractivity contribution is -0.386. The first-order valence-electron chi connectivity index (χ1n) is 6.36. The number of benzene rings is 1. The van der Waals surface area contributed by atoms with Gasteiger partial charge >= 0.3 is 5.69 Å². The fraction of sp³-hybridized carbons (Fsp3) is 0.538. The molecule has 2 rings (SSSR count). The van der Waals surface area contributed by atoms with E-state index < -0.39 is 4.92 Å². The number of aryl methyl sites for hydroxylation is 1. The van der Waals surface area contributed by atoms with Gasteiger partial charge in [0.15, 0.2) is 5.75 Å². The van der Waals surface area contributed by atoms with E-state index in [-0.39, 0.29) is 5.69 Å². The monoisotopic (exact) mass is 328 g/mol. The van der Waals surface area contributed by atoms with E-state index in [1.807, 2.05) is 13.0 Å². The van der Waals surface area contributed by atoms with E-state index in [9.17, 15) is 10.1 Å². The molecule has 1 aromatic rings. The van der Waals surface area contributed by atoms with Crippen molar-refractivity contribution in [1.29, 1.82) is 0 Å². The highest BCUT2D eigenvalue weighted by Crippen LogP contribution is 2.34. The topological polar surface area (TPSA) is 64.4 Å². The second-order valence-electron chi connectivity index (χ2n) is 4.83. The third-order valence-electron chi connectivity index (χ3n) is 3.34. The number of hydrogen-bond donors (Lipinski definition) is 1. The van der Waals surface area contributed by atoms with Crippen LogP contribution < -0.4 is 10.1 Å². The molecule has 1 N–H and O–H groups in total. The molecule has 0 amide bonds. The van der Waals surface area contributed by atoms with Crippen molar-refractivity contribution in [2.75, 3.05) is 19.7 Å². The molecule has 1 saturated heterocycles. The second-order valence-corrected chi connectivity index (χ2v) is 5.75. The number of nitro groups is 1. The third kappa shape index (κ3) is 3.67. The van der Waals surface area contributed by atoms with E-state index in [4.69, 9.17) is 4.74 Å². The number of nitrogens with zero attached hydrogens (tertiary/aromatic N) is 1. The van der Waals surface area contributed by atoms with Gasteiger partial charge < -0.3 is 10.1 Å². The van der Waals surface area contributed by atoms with E-state index in [1.165, 1.54) is 6.07 Å². The van der Waals surface area contributed by atoms with Gasteiger partial charge in [-0.25, -0.2) is 0 Å². The molecule has 0 aromatic heterocycles. The first-order chi connectivity index (χ1) is 9.08. The van der Waals surface area contributed by atoms with Crippen molar-refractivity contribution >= 4 is 21.6 Å². The average Bonchev–Trinajstić information content (AvgIpc) is 2.38. The number of nitrogens with one attached hydrogen (secondary N) is 1. The molecule has 0 atom stereocenters. The standard InChI is InChI=1S/C13H17BrN2O3/c1-9-6-11(14)7-12(16(17)18)13(9)19-8-10-2-4-15-5-3-10/h6-7,10,15H,2-5,8H2,1H3. The molecule has 1 aliphatic rings. The Balaban J connectivity index is 2.12. The average molecular weight is 329 g/mol. The Kier molecular flexibility index (Phi) is 4.76. The minimum atomic E-state index is -0.393. The molecule has 0 spiro atoms. The Labute approximate surface area is 120 Å². The maximum atomic E-state index is 11.1. The van der Waals surface area contributed by atoms with Gasteiger partial charge in [-0.3, -0.25) is 10.1 Å². The van der Waals surface area contributed by atoms with Crippen LogP contribution in [0.4, 0.5) is 5.69 Å². The van der Waals surface area contributed by atoms with Crippen molar-refractivity contribution in [2.24, 2.45) is 5.92 Å². The fourth-order valence-electron chi connectivity index (χ4n) is 2.29. The summed E-state index contributed by atoms with van der Waals surface area (Å²) in [5, 5.41) is 14.4. The number of rotatable bonds is 4. The lowest BCUT2D eigenvalue weighted by Crippen LogP contribution is -2.30. The molecular formula is C13H17BrN2O3. The van der Waals surface area contributed by atoms with Crippen molar-refractivity contribution in [3.05, 3.63) is 32.3 Å². The van der Waals surface area contributed by atoms with Gasteiger partial charge in [-0.05, 0) is 50.4 Å². The number of halogens is 1. The summed E-state index contributed by atoms with van der Waals surface area (Å²) in [4.78, 5) is 10.7. The van der Waals surface area contributed by atoms with Crippen LogP contribution >= 0.6 is 15.9 Å². The molecule has 0 radical (unpaired) electrons. The Morgan fingerprint density at radius 3 is 2.79 bits per heavy atom. The summed E-state index contributed by atoms with van der Waals surface area (Å²) < 4.78 is 6.43. The van der Waals surface area contributed by atoms with Crippen molar-refractivity contribution < 1.29 is 9.66 Å². The summed E-state index contributed by atoms with van der Waals surface area (Å²) in [6, 6.07) is 3.33. The van der Waals surface area contributed by atoms with Crippen molar-refractivity contribution in [3.8, 4) is 5.75 Å². The molecule has 5 nitrogen and oxygen atoms in total. The summed E-state index contributed by atoms with van der Waals surface area (Å²) in [6.07, 6.45) is 2.12. The van der Waals surface area contributed by atoms with Crippen LogP contribution in [-0.4, -0.2) is 24.6 Å². The Hall–Kier alpha value is -1.14. The van der Waals surface area contributed by atoms with Crippen LogP contribution in [0.5, 0.6) is 5.75 Å². The molecule has 0 unspecified atom stereocenters. The quantitative estimate of drug-likeness (QED) is 0.681. The first-order valence-corrected chi connectivity index (χ1v) is 7.15. The molecule has 0 aliphatic carbocycles.